The molecule has 0 bridgehead atoms. The van der Waals surface area contributed by atoms with Crippen molar-refractivity contribution in [3.63, 3.8) is 0 Å². The SMILES string of the molecule is CCNC1C(CN2CCOC(CC)C2)CCC1(C)C. The molecule has 1 saturated heterocycles. The summed E-state index contributed by atoms with van der Waals surface area (Å²) < 4.78 is 5.78. The molecule has 2 aliphatic rings. The molecule has 1 N–H and O–H groups in total. The highest BCUT2D eigenvalue weighted by Crippen LogP contribution is 2.41. The third-order valence-electron chi connectivity index (χ3n) is 5.07. The van der Waals surface area contributed by atoms with Gasteiger partial charge in [0, 0.05) is 25.7 Å². The van der Waals surface area contributed by atoms with Crippen LogP contribution in [0, 0.1) is 11.3 Å². The first-order valence-corrected chi connectivity index (χ1v) is 8.14. The van der Waals surface area contributed by atoms with Gasteiger partial charge in [0.05, 0.1) is 12.7 Å². The second-order valence-corrected chi connectivity index (χ2v) is 6.98. The Morgan fingerprint density at radius 3 is 2.79 bits per heavy atom. The fourth-order valence-electron chi connectivity index (χ4n) is 3.90. The van der Waals surface area contributed by atoms with Crippen molar-refractivity contribution in [1.82, 2.24) is 10.2 Å². The predicted molar refractivity (Wildman–Crippen MR) is 80.4 cm³/mol. The van der Waals surface area contributed by atoms with Crippen molar-refractivity contribution in [2.24, 2.45) is 11.3 Å². The molecule has 1 aliphatic heterocycles. The number of morpholine rings is 1. The molecule has 0 amide bonds. The van der Waals surface area contributed by atoms with Gasteiger partial charge in [0.25, 0.3) is 0 Å². The molecule has 1 aliphatic carbocycles. The minimum Gasteiger partial charge on any atom is -0.376 e. The molecule has 3 unspecified atom stereocenters. The predicted octanol–water partition coefficient (Wildman–Crippen LogP) is 2.51. The maximum atomic E-state index is 5.78. The third-order valence-corrected chi connectivity index (χ3v) is 5.07. The summed E-state index contributed by atoms with van der Waals surface area (Å²) in [6.45, 7) is 14.8. The highest BCUT2D eigenvalue weighted by molar-refractivity contribution is 4.97. The van der Waals surface area contributed by atoms with Crippen molar-refractivity contribution in [1.29, 1.82) is 0 Å². The van der Waals surface area contributed by atoms with Crippen molar-refractivity contribution < 1.29 is 4.74 Å². The summed E-state index contributed by atoms with van der Waals surface area (Å²) in [6.07, 6.45) is 4.33. The second kappa shape index (κ2) is 6.55. The molecule has 2 fully saturated rings. The summed E-state index contributed by atoms with van der Waals surface area (Å²) in [5.74, 6) is 0.811. The largest absolute Gasteiger partial charge is 0.376 e. The zero-order chi connectivity index (χ0) is 13.9. The molecule has 0 aromatic heterocycles. The summed E-state index contributed by atoms with van der Waals surface area (Å²) in [7, 11) is 0. The molecule has 1 heterocycles. The zero-order valence-electron chi connectivity index (χ0n) is 13.2. The van der Waals surface area contributed by atoms with Gasteiger partial charge in [0.15, 0.2) is 0 Å². The van der Waals surface area contributed by atoms with Gasteiger partial charge in [-0.15, -0.1) is 0 Å². The Morgan fingerprint density at radius 2 is 2.11 bits per heavy atom. The molecule has 2 rings (SSSR count). The summed E-state index contributed by atoms with van der Waals surface area (Å²) in [4.78, 5) is 2.63. The van der Waals surface area contributed by atoms with Crippen LogP contribution in [0.2, 0.25) is 0 Å². The molecular weight excluding hydrogens is 236 g/mol. The van der Waals surface area contributed by atoms with Crippen LogP contribution in [-0.2, 0) is 4.74 Å². The summed E-state index contributed by atoms with van der Waals surface area (Å²) in [5.41, 5.74) is 0.455. The van der Waals surface area contributed by atoms with E-state index in [-0.39, 0.29) is 0 Å². The van der Waals surface area contributed by atoms with Crippen LogP contribution in [0.15, 0.2) is 0 Å². The highest BCUT2D eigenvalue weighted by atomic mass is 16.5. The van der Waals surface area contributed by atoms with E-state index in [1.165, 1.54) is 19.4 Å². The van der Waals surface area contributed by atoms with Crippen LogP contribution in [0.25, 0.3) is 0 Å². The lowest BCUT2D eigenvalue weighted by molar-refractivity contribution is -0.0354. The van der Waals surface area contributed by atoms with Crippen molar-refractivity contribution in [2.45, 2.75) is 59.1 Å². The van der Waals surface area contributed by atoms with E-state index in [1.54, 1.807) is 0 Å². The minimum absolute atomic E-state index is 0.455. The number of ether oxygens (including phenoxy) is 1. The van der Waals surface area contributed by atoms with E-state index in [0.717, 1.165) is 38.6 Å². The first kappa shape index (κ1) is 15.3. The van der Waals surface area contributed by atoms with Gasteiger partial charge < -0.3 is 10.1 Å². The van der Waals surface area contributed by atoms with Crippen molar-refractivity contribution >= 4 is 0 Å². The number of hydrogen-bond donors (Lipinski definition) is 1. The Labute approximate surface area is 119 Å². The Bertz CT molecular complexity index is 280. The summed E-state index contributed by atoms with van der Waals surface area (Å²) in [5, 5.41) is 3.74. The van der Waals surface area contributed by atoms with Crippen LogP contribution in [0.3, 0.4) is 0 Å². The first-order valence-electron chi connectivity index (χ1n) is 8.14. The standard InChI is InChI=1S/C16H32N2O/c1-5-14-12-18(9-10-19-14)11-13-7-8-16(3,4)15(13)17-6-2/h13-15,17H,5-12H2,1-4H3. The number of nitrogens with zero attached hydrogens (tertiary/aromatic N) is 1. The van der Waals surface area contributed by atoms with Gasteiger partial charge in [-0.05, 0) is 37.1 Å². The second-order valence-electron chi connectivity index (χ2n) is 6.98. The van der Waals surface area contributed by atoms with E-state index in [9.17, 15) is 0 Å². The molecule has 0 spiro atoms. The maximum Gasteiger partial charge on any atom is 0.0700 e. The van der Waals surface area contributed by atoms with Gasteiger partial charge in [-0.2, -0.15) is 0 Å². The lowest BCUT2D eigenvalue weighted by Gasteiger charge is -2.37. The maximum absolute atomic E-state index is 5.78. The molecule has 0 radical (unpaired) electrons. The van der Waals surface area contributed by atoms with E-state index in [1.807, 2.05) is 0 Å². The van der Waals surface area contributed by atoms with E-state index in [0.29, 0.717) is 17.6 Å². The smallest absolute Gasteiger partial charge is 0.0700 e. The van der Waals surface area contributed by atoms with Crippen LogP contribution in [0.5, 0.6) is 0 Å². The third kappa shape index (κ3) is 3.71. The lowest BCUT2D eigenvalue weighted by atomic mass is 9.84. The molecule has 0 aromatic carbocycles. The Hall–Kier alpha value is -0.120. The fraction of sp³-hybridized carbons (Fsp3) is 1.00. The Kier molecular flexibility index (Phi) is 5.27. The average Bonchev–Trinajstić information content (AvgIpc) is 2.67. The minimum atomic E-state index is 0.455. The van der Waals surface area contributed by atoms with Crippen LogP contribution in [0.1, 0.15) is 47.0 Å². The molecule has 1 saturated carbocycles. The van der Waals surface area contributed by atoms with Crippen LogP contribution in [0.4, 0.5) is 0 Å². The molecule has 0 aromatic rings. The lowest BCUT2D eigenvalue weighted by Crippen LogP contribution is -2.49. The van der Waals surface area contributed by atoms with E-state index in [2.05, 4.69) is 37.9 Å². The Balaban J connectivity index is 1.90. The topological polar surface area (TPSA) is 24.5 Å². The fourth-order valence-corrected chi connectivity index (χ4v) is 3.90. The van der Waals surface area contributed by atoms with Crippen LogP contribution in [-0.4, -0.2) is 49.8 Å². The molecule has 19 heavy (non-hydrogen) atoms. The van der Waals surface area contributed by atoms with Gasteiger partial charge in [-0.3, -0.25) is 4.90 Å². The zero-order valence-corrected chi connectivity index (χ0v) is 13.2. The molecule has 112 valence electrons. The number of hydrogen-bond acceptors (Lipinski definition) is 3. The summed E-state index contributed by atoms with van der Waals surface area (Å²) in [6, 6.07) is 0.681. The van der Waals surface area contributed by atoms with Gasteiger partial charge in [-0.1, -0.05) is 27.7 Å². The van der Waals surface area contributed by atoms with Gasteiger partial charge in [0.2, 0.25) is 0 Å². The van der Waals surface area contributed by atoms with Crippen molar-refractivity contribution in [3.05, 3.63) is 0 Å². The normalized spacial score (nSPS) is 35.7. The highest BCUT2D eigenvalue weighted by Gasteiger charge is 2.42. The Morgan fingerprint density at radius 1 is 1.32 bits per heavy atom. The van der Waals surface area contributed by atoms with E-state index in [4.69, 9.17) is 4.74 Å². The first-order chi connectivity index (χ1) is 9.06. The van der Waals surface area contributed by atoms with Crippen molar-refractivity contribution in [3.8, 4) is 0 Å². The van der Waals surface area contributed by atoms with Crippen molar-refractivity contribution in [2.75, 3.05) is 32.8 Å². The van der Waals surface area contributed by atoms with Gasteiger partial charge in [0.1, 0.15) is 0 Å². The molecular formula is C16H32N2O. The average molecular weight is 268 g/mol. The molecule has 3 atom stereocenters. The summed E-state index contributed by atoms with van der Waals surface area (Å²) >= 11 is 0. The van der Waals surface area contributed by atoms with E-state index < -0.39 is 0 Å². The van der Waals surface area contributed by atoms with Crippen LogP contribution >= 0.6 is 0 Å². The molecule has 3 heteroatoms. The van der Waals surface area contributed by atoms with Crippen LogP contribution < -0.4 is 5.32 Å². The quantitative estimate of drug-likeness (QED) is 0.829. The number of nitrogens with one attached hydrogen (secondary N) is 1. The number of rotatable bonds is 5. The van der Waals surface area contributed by atoms with E-state index >= 15 is 0 Å². The van der Waals surface area contributed by atoms with Gasteiger partial charge >= 0.3 is 0 Å². The molecule has 3 nitrogen and oxygen atoms in total. The van der Waals surface area contributed by atoms with Gasteiger partial charge in [-0.25, -0.2) is 0 Å². The monoisotopic (exact) mass is 268 g/mol.